The third kappa shape index (κ3) is 4.00. The third-order valence-corrected chi connectivity index (χ3v) is 2.77. The topological polar surface area (TPSA) is 64.4 Å². The highest BCUT2D eigenvalue weighted by molar-refractivity contribution is 5.54. The number of anilines is 1. The molecule has 0 saturated heterocycles. The Morgan fingerprint density at radius 2 is 2.22 bits per heavy atom. The lowest BCUT2D eigenvalue weighted by Crippen LogP contribution is -2.24. The minimum Gasteiger partial charge on any atom is -0.383 e. The van der Waals surface area contributed by atoms with Crippen molar-refractivity contribution in [3.63, 3.8) is 0 Å². The first-order valence-corrected chi connectivity index (χ1v) is 6.09. The summed E-state index contributed by atoms with van der Waals surface area (Å²) < 4.78 is 5.15. The van der Waals surface area contributed by atoms with Crippen LogP contribution in [-0.2, 0) is 4.74 Å². The van der Waals surface area contributed by atoms with E-state index < -0.39 is 0 Å². The van der Waals surface area contributed by atoms with E-state index in [2.05, 4.69) is 12.2 Å². The predicted octanol–water partition coefficient (Wildman–Crippen LogP) is 3.13. The number of benzene rings is 1. The maximum absolute atomic E-state index is 10.7. The first-order chi connectivity index (χ1) is 8.58. The maximum atomic E-state index is 10.7. The summed E-state index contributed by atoms with van der Waals surface area (Å²) >= 11 is 0. The summed E-state index contributed by atoms with van der Waals surface area (Å²) in [5.74, 6) is 0. The molecule has 0 spiro atoms. The fourth-order valence-corrected chi connectivity index (χ4v) is 1.93. The number of aryl methyl sites for hydroxylation is 1. The second kappa shape index (κ2) is 6.96. The van der Waals surface area contributed by atoms with Gasteiger partial charge in [-0.15, -0.1) is 0 Å². The Balaban J connectivity index is 2.77. The van der Waals surface area contributed by atoms with E-state index in [1.807, 2.05) is 0 Å². The van der Waals surface area contributed by atoms with Gasteiger partial charge in [-0.05, 0) is 25.5 Å². The molecule has 18 heavy (non-hydrogen) atoms. The first-order valence-electron chi connectivity index (χ1n) is 6.09. The summed E-state index contributed by atoms with van der Waals surface area (Å²) in [6.07, 6.45) is 2.07. The number of hydrogen-bond donors (Lipinski definition) is 1. The first kappa shape index (κ1) is 14.4. The van der Waals surface area contributed by atoms with Crippen LogP contribution in [0.5, 0.6) is 0 Å². The lowest BCUT2D eigenvalue weighted by Gasteiger charge is -2.18. The van der Waals surface area contributed by atoms with Crippen molar-refractivity contribution in [1.82, 2.24) is 0 Å². The number of nitrogens with zero attached hydrogens (tertiary/aromatic N) is 1. The van der Waals surface area contributed by atoms with Gasteiger partial charge in [0, 0.05) is 30.5 Å². The molecule has 1 atom stereocenters. The van der Waals surface area contributed by atoms with Crippen molar-refractivity contribution in [1.29, 1.82) is 0 Å². The van der Waals surface area contributed by atoms with Crippen LogP contribution in [0.1, 0.15) is 25.3 Å². The van der Waals surface area contributed by atoms with Gasteiger partial charge in [-0.3, -0.25) is 10.1 Å². The van der Waals surface area contributed by atoms with Crippen LogP contribution in [0.25, 0.3) is 0 Å². The third-order valence-electron chi connectivity index (χ3n) is 2.77. The van der Waals surface area contributed by atoms with Gasteiger partial charge in [0.15, 0.2) is 0 Å². The van der Waals surface area contributed by atoms with Crippen LogP contribution in [0.2, 0.25) is 0 Å². The van der Waals surface area contributed by atoms with Crippen molar-refractivity contribution in [2.24, 2.45) is 0 Å². The SMILES string of the molecule is CCCC(COC)Nc1ccc([N+](=O)[O-])c(C)c1. The molecule has 0 radical (unpaired) electrons. The van der Waals surface area contributed by atoms with Gasteiger partial charge in [-0.1, -0.05) is 13.3 Å². The molecule has 0 aliphatic carbocycles. The van der Waals surface area contributed by atoms with Gasteiger partial charge in [-0.2, -0.15) is 0 Å². The van der Waals surface area contributed by atoms with E-state index in [0.717, 1.165) is 18.5 Å². The van der Waals surface area contributed by atoms with Crippen molar-refractivity contribution in [2.75, 3.05) is 19.0 Å². The number of nitro benzene ring substituents is 1. The highest BCUT2D eigenvalue weighted by Crippen LogP contribution is 2.22. The second-order valence-corrected chi connectivity index (χ2v) is 4.34. The quantitative estimate of drug-likeness (QED) is 0.598. The molecule has 100 valence electrons. The molecule has 1 rings (SSSR count). The summed E-state index contributed by atoms with van der Waals surface area (Å²) in [6.45, 7) is 4.49. The molecule has 0 heterocycles. The molecule has 0 bridgehead atoms. The largest absolute Gasteiger partial charge is 0.383 e. The highest BCUT2D eigenvalue weighted by Gasteiger charge is 2.12. The van der Waals surface area contributed by atoms with E-state index in [1.165, 1.54) is 6.07 Å². The Morgan fingerprint density at radius 3 is 2.72 bits per heavy atom. The van der Waals surface area contributed by atoms with Crippen molar-refractivity contribution in [3.05, 3.63) is 33.9 Å². The molecule has 0 amide bonds. The molecular weight excluding hydrogens is 232 g/mol. The fraction of sp³-hybridized carbons (Fsp3) is 0.538. The van der Waals surface area contributed by atoms with E-state index in [4.69, 9.17) is 4.74 Å². The lowest BCUT2D eigenvalue weighted by molar-refractivity contribution is -0.385. The van der Waals surface area contributed by atoms with E-state index in [9.17, 15) is 10.1 Å². The average Bonchev–Trinajstić information content (AvgIpc) is 2.29. The summed E-state index contributed by atoms with van der Waals surface area (Å²) in [7, 11) is 1.67. The van der Waals surface area contributed by atoms with Gasteiger partial charge in [0.25, 0.3) is 5.69 Å². The van der Waals surface area contributed by atoms with Crippen LogP contribution in [0, 0.1) is 17.0 Å². The van der Waals surface area contributed by atoms with E-state index >= 15 is 0 Å². The molecule has 0 fully saturated rings. The molecule has 1 aromatic rings. The molecule has 1 aromatic carbocycles. The molecule has 0 aliphatic heterocycles. The fourth-order valence-electron chi connectivity index (χ4n) is 1.93. The average molecular weight is 252 g/mol. The zero-order valence-corrected chi connectivity index (χ0v) is 11.1. The number of rotatable bonds is 7. The zero-order chi connectivity index (χ0) is 13.5. The molecule has 1 N–H and O–H groups in total. The predicted molar refractivity (Wildman–Crippen MR) is 72.0 cm³/mol. The van der Waals surface area contributed by atoms with Crippen LogP contribution >= 0.6 is 0 Å². The highest BCUT2D eigenvalue weighted by atomic mass is 16.6. The smallest absolute Gasteiger partial charge is 0.272 e. The van der Waals surface area contributed by atoms with Crippen molar-refractivity contribution in [3.8, 4) is 0 Å². The maximum Gasteiger partial charge on any atom is 0.272 e. The normalized spacial score (nSPS) is 12.2. The Labute approximate surface area is 107 Å². The summed E-state index contributed by atoms with van der Waals surface area (Å²) in [6, 6.07) is 5.31. The van der Waals surface area contributed by atoms with E-state index in [0.29, 0.717) is 12.2 Å². The molecular formula is C13H20N2O3. The van der Waals surface area contributed by atoms with Crippen molar-refractivity contribution < 1.29 is 9.66 Å². The zero-order valence-electron chi connectivity index (χ0n) is 11.1. The Hall–Kier alpha value is -1.62. The summed E-state index contributed by atoms with van der Waals surface area (Å²) in [5.41, 5.74) is 1.71. The van der Waals surface area contributed by atoms with Gasteiger partial charge in [0.1, 0.15) is 0 Å². The van der Waals surface area contributed by atoms with Gasteiger partial charge in [0.05, 0.1) is 11.5 Å². The monoisotopic (exact) mass is 252 g/mol. The van der Waals surface area contributed by atoms with E-state index in [1.54, 1.807) is 26.2 Å². The van der Waals surface area contributed by atoms with Crippen LogP contribution in [0.15, 0.2) is 18.2 Å². The van der Waals surface area contributed by atoms with Gasteiger partial charge in [-0.25, -0.2) is 0 Å². The van der Waals surface area contributed by atoms with Crippen LogP contribution < -0.4 is 5.32 Å². The summed E-state index contributed by atoms with van der Waals surface area (Å²) in [4.78, 5) is 10.4. The van der Waals surface area contributed by atoms with Gasteiger partial charge >= 0.3 is 0 Å². The molecule has 1 unspecified atom stereocenters. The number of nitro groups is 1. The number of nitrogens with one attached hydrogen (secondary N) is 1. The number of methoxy groups -OCH3 is 1. The van der Waals surface area contributed by atoms with Crippen molar-refractivity contribution >= 4 is 11.4 Å². The Bertz CT molecular complexity index is 401. The van der Waals surface area contributed by atoms with E-state index in [-0.39, 0.29) is 16.7 Å². The van der Waals surface area contributed by atoms with Crippen molar-refractivity contribution in [2.45, 2.75) is 32.7 Å². The molecule has 5 nitrogen and oxygen atoms in total. The molecule has 0 saturated carbocycles. The lowest BCUT2D eigenvalue weighted by atomic mass is 10.1. The molecule has 0 aliphatic rings. The molecule has 5 heteroatoms. The number of ether oxygens (including phenoxy) is 1. The van der Waals surface area contributed by atoms with Crippen LogP contribution in [0.3, 0.4) is 0 Å². The van der Waals surface area contributed by atoms with Gasteiger partial charge < -0.3 is 10.1 Å². The minimum atomic E-state index is -0.363. The minimum absolute atomic E-state index is 0.152. The molecule has 0 aromatic heterocycles. The second-order valence-electron chi connectivity index (χ2n) is 4.34. The Morgan fingerprint density at radius 1 is 1.50 bits per heavy atom. The summed E-state index contributed by atoms with van der Waals surface area (Å²) in [5, 5.41) is 14.1. The van der Waals surface area contributed by atoms with Crippen LogP contribution in [-0.4, -0.2) is 24.7 Å². The Kier molecular flexibility index (Phi) is 5.58. The number of hydrogen-bond acceptors (Lipinski definition) is 4. The standard InChI is InChI=1S/C13H20N2O3/c1-4-5-12(9-18-3)14-11-6-7-13(15(16)17)10(2)8-11/h6-8,12,14H,4-5,9H2,1-3H3. The van der Waals surface area contributed by atoms with Crippen LogP contribution in [0.4, 0.5) is 11.4 Å². The van der Waals surface area contributed by atoms with Gasteiger partial charge in [0.2, 0.25) is 0 Å².